The molecule has 0 N–H and O–H groups in total. The average molecular weight is 293 g/mol. The van der Waals surface area contributed by atoms with Crippen molar-refractivity contribution in [2.24, 2.45) is 0 Å². The smallest absolute Gasteiger partial charge is 0.244 e. The average Bonchev–Trinajstić information content (AvgIpc) is 2.59. The van der Waals surface area contributed by atoms with Crippen LogP contribution >= 0.6 is 0 Å². The zero-order chi connectivity index (χ0) is 14.8. The summed E-state index contributed by atoms with van der Waals surface area (Å²) in [5.74, 6) is 0. The van der Waals surface area contributed by atoms with E-state index in [0.717, 1.165) is 13.0 Å². The summed E-state index contributed by atoms with van der Waals surface area (Å²) >= 11 is 0. The Labute approximate surface area is 120 Å². The molecular weight excluding hydrogens is 274 g/mol. The second kappa shape index (κ2) is 5.92. The van der Waals surface area contributed by atoms with Crippen molar-refractivity contribution in [3.63, 3.8) is 0 Å². The van der Waals surface area contributed by atoms with Gasteiger partial charge in [0.15, 0.2) is 0 Å². The molecule has 108 valence electrons. The van der Waals surface area contributed by atoms with E-state index < -0.39 is 10.0 Å². The lowest BCUT2D eigenvalue weighted by Crippen LogP contribution is -2.42. The molecule has 1 heterocycles. The second-order valence-corrected chi connectivity index (χ2v) is 7.05. The fourth-order valence-corrected chi connectivity index (χ4v) is 4.42. The first kappa shape index (κ1) is 15.0. The van der Waals surface area contributed by atoms with Gasteiger partial charge in [-0.25, -0.2) is 8.42 Å². The minimum Gasteiger partial charge on any atom is -0.305 e. The molecule has 1 aliphatic heterocycles. The molecule has 0 aromatic heterocycles. The van der Waals surface area contributed by atoms with Gasteiger partial charge < -0.3 is 4.90 Å². The van der Waals surface area contributed by atoms with Crippen molar-refractivity contribution in [3.8, 4) is 6.07 Å². The highest BCUT2D eigenvalue weighted by molar-refractivity contribution is 7.89. The largest absolute Gasteiger partial charge is 0.305 e. The van der Waals surface area contributed by atoms with E-state index in [-0.39, 0.29) is 16.5 Å². The van der Waals surface area contributed by atoms with Crippen LogP contribution < -0.4 is 0 Å². The number of rotatable bonds is 2. The first-order valence-electron chi connectivity index (χ1n) is 6.66. The molecule has 0 saturated carbocycles. The number of benzene rings is 1. The highest BCUT2D eigenvalue weighted by atomic mass is 32.2. The van der Waals surface area contributed by atoms with Crippen molar-refractivity contribution in [3.05, 3.63) is 29.8 Å². The van der Waals surface area contributed by atoms with E-state index in [2.05, 4.69) is 4.90 Å². The number of nitrogens with zero attached hydrogens (tertiary/aromatic N) is 3. The minimum atomic E-state index is -3.62. The van der Waals surface area contributed by atoms with Crippen LogP contribution in [0.1, 0.15) is 18.9 Å². The van der Waals surface area contributed by atoms with E-state index in [9.17, 15) is 8.42 Å². The van der Waals surface area contributed by atoms with Crippen molar-refractivity contribution >= 4 is 10.0 Å². The van der Waals surface area contributed by atoms with Crippen molar-refractivity contribution in [2.45, 2.75) is 24.3 Å². The van der Waals surface area contributed by atoms with Gasteiger partial charge >= 0.3 is 0 Å². The topological polar surface area (TPSA) is 64.4 Å². The molecule has 2 rings (SSSR count). The molecule has 1 aromatic carbocycles. The van der Waals surface area contributed by atoms with Gasteiger partial charge in [-0.3, -0.25) is 0 Å². The van der Waals surface area contributed by atoms with Gasteiger partial charge in [-0.1, -0.05) is 12.1 Å². The van der Waals surface area contributed by atoms with Crippen LogP contribution in [-0.4, -0.2) is 50.3 Å². The van der Waals surface area contributed by atoms with Gasteiger partial charge in [0.1, 0.15) is 6.07 Å². The predicted molar refractivity (Wildman–Crippen MR) is 76.6 cm³/mol. The van der Waals surface area contributed by atoms with E-state index in [4.69, 9.17) is 5.26 Å². The van der Waals surface area contributed by atoms with E-state index in [0.29, 0.717) is 13.1 Å². The van der Waals surface area contributed by atoms with Crippen LogP contribution in [-0.2, 0) is 10.0 Å². The summed E-state index contributed by atoms with van der Waals surface area (Å²) < 4.78 is 27.1. The molecule has 20 heavy (non-hydrogen) atoms. The number of hydrogen-bond acceptors (Lipinski definition) is 4. The maximum Gasteiger partial charge on any atom is 0.244 e. The van der Waals surface area contributed by atoms with Crippen LogP contribution in [0.5, 0.6) is 0 Å². The summed E-state index contributed by atoms with van der Waals surface area (Å²) in [6.45, 7) is 3.99. The van der Waals surface area contributed by atoms with E-state index in [1.807, 2.05) is 20.0 Å². The van der Waals surface area contributed by atoms with Crippen molar-refractivity contribution in [1.29, 1.82) is 5.26 Å². The van der Waals surface area contributed by atoms with E-state index in [1.54, 1.807) is 18.2 Å². The number of likely N-dealkylation sites (N-methyl/N-ethyl adjacent to an activating group) is 1. The number of sulfonamides is 1. The summed E-state index contributed by atoms with van der Waals surface area (Å²) in [6, 6.07) is 8.25. The Morgan fingerprint density at radius 2 is 2.00 bits per heavy atom. The number of nitriles is 1. The maximum absolute atomic E-state index is 12.8. The molecule has 0 spiro atoms. The molecule has 1 fully saturated rings. The van der Waals surface area contributed by atoms with Crippen LogP contribution in [0, 0.1) is 11.3 Å². The van der Waals surface area contributed by atoms with Gasteiger partial charge in [-0.2, -0.15) is 9.57 Å². The Bertz CT molecular complexity index is 622. The lowest BCUT2D eigenvalue weighted by Gasteiger charge is -2.27. The van der Waals surface area contributed by atoms with Crippen molar-refractivity contribution < 1.29 is 8.42 Å². The highest BCUT2D eigenvalue weighted by Crippen LogP contribution is 2.23. The molecule has 5 nitrogen and oxygen atoms in total. The van der Waals surface area contributed by atoms with Gasteiger partial charge in [0.25, 0.3) is 0 Å². The van der Waals surface area contributed by atoms with Crippen molar-refractivity contribution in [2.75, 3.05) is 26.7 Å². The van der Waals surface area contributed by atoms with E-state index in [1.165, 1.54) is 10.4 Å². The monoisotopic (exact) mass is 293 g/mol. The standard InChI is InChI=1S/C14H19N3O2S/c1-12-11-16(2)8-5-9-17(12)20(18,19)14-7-4-3-6-13(14)10-15/h3-4,6-7,12H,5,8-9,11H2,1-2H3. The predicted octanol–water partition coefficient (Wildman–Crippen LogP) is 1.27. The van der Waals surface area contributed by atoms with E-state index >= 15 is 0 Å². The van der Waals surface area contributed by atoms with Crippen LogP contribution in [0.2, 0.25) is 0 Å². The molecule has 1 aromatic rings. The first-order valence-corrected chi connectivity index (χ1v) is 8.10. The molecular formula is C14H19N3O2S. The lowest BCUT2D eigenvalue weighted by atomic mass is 10.2. The third-order valence-electron chi connectivity index (χ3n) is 3.58. The molecule has 1 atom stereocenters. The Balaban J connectivity index is 2.42. The highest BCUT2D eigenvalue weighted by Gasteiger charge is 2.32. The molecule has 1 aliphatic rings. The van der Waals surface area contributed by atoms with Gasteiger partial charge in [0.05, 0.1) is 10.5 Å². The molecule has 6 heteroatoms. The number of hydrogen-bond donors (Lipinski definition) is 0. The van der Waals surface area contributed by atoms with Crippen LogP contribution in [0.4, 0.5) is 0 Å². The van der Waals surface area contributed by atoms with Gasteiger partial charge in [-0.05, 0) is 39.1 Å². The quantitative estimate of drug-likeness (QED) is 0.824. The van der Waals surface area contributed by atoms with Crippen molar-refractivity contribution in [1.82, 2.24) is 9.21 Å². The SMILES string of the molecule is CC1CN(C)CCCN1S(=O)(=O)c1ccccc1C#N. The molecule has 0 aliphatic carbocycles. The van der Waals surface area contributed by atoms with Crippen LogP contribution in [0.3, 0.4) is 0 Å². The fraction of sp³-hybridized carbons (Fsp3) is 0.500. The molecule has 0 radical (unpaired) electrons. The third kappa shape index (κ3) is 2.85. The molecule has 1 saturated heterocycles. The summed E-state index contributed by atoms with van der Waals surface area (Å²) in [5.41, 5.74) is 0.206. The van der Waals surface area contributed by atoms with Gasteiger partial charge in [0.2, 0.25) is 10.0 Å². The maximum atomic E-state index is 12.8. The van der Waals surface area contributed by atoms with Crippen LogP contribution in [0.25, 0.3) is 0 Å². The summed E-state index contributed by atoms with van der Waals surface area (Å²) in [5, 5.41) is 9.10. The van der Waals surface area contributed by atoms with Gasteiger partial charge in [-0.15, -0.1) is 0 Å². The molecule has 1 unspecified atom stereocenters. The van der Waals surface area contributed by atoms with Gasteiger partial charge in [0, 0.05) is 19.1 Å². The first-order chi connectivity index (χ1) is 9.46. The Kier molecular flexibility index (Phi) is 4.43. The Morgan fingerprint density at radius 1 is 1.30 bits per heavy atom. The summed E-state index contributed by atoms with van der Waals surface area (Å²) in [7, 11) is -1.62. The third-order valence-corrected chi connectivity index (χ3v) is 5.65. The molecule has 0 bridgehead atoms. The second-order valence-electron chi connectivity index (χ2n) is 5.19. The van der Waals surface area contributed by atoms with Crippen LogP contribution in [0.15, 0.2) is 29.2 Å². The minimum absolute atomic E-state index is 0.0979. The Hall–Kier alpha value is -1.42. The summed E-state index contributed by atoms with van der Waals surface area (Å²) in [6.07, 6.45) is 0.800. The normalized spacial score (nSPS) is 22.1. The molecule has 0 amide bonds. The zero-order valence-electron chi connectivity index (χ0n) is 11.8. The lowest BCUT2D eigenvalue weighted by molar-refractivity contribution is 0.290. The summed E-state index contributed by atoms with van der Waals surface area (Å²) in [4.78, 5) is 2.25. The fourth-order valence-electron chi connectivity index (χ4n) is 2.62. The Morgan fingerprint density at radius 3 is 2.70 bits per heavy atom. The zero-order valence-corrected chi connectivity index (χ0v) is 12.6.